The number of carbonyl (C=O) groups excluding carboxylic acids is 2. The first-order valence-corrected chi connectivity index (χ1v) is 7.09. The Morgan fingerprint density at radius 3 is 2.52 bits per heavy atom. The summed E-state index contributed by atoms with van der Waals surface area (Å²) in [5, 5.41) is 2.89. The number of carbonyl (C=O) groups is 2. The van der Waals surface area contributed by atoms with Gasteiger partial charge in [0.1, 0.15) is 0 Å². The van der Waals surface area contributed by atoms with Crippen molar-refractivity contribution in [3.8, 4) is 0 Å². The molecule has 1 amide bonds. The average Bonchev–Trinajstić information content (AvgIpc) is 2.46. The molecule has 0 saturated heterocycles. The highest BCUT2D eigenvalue weighted by atomic mass is 16.5. The third kappa shape index (κ3) is 7.46. The normalized spacial score (nSPS) is 10.5. The molecule has 0 saturated carbocycles. The van der Waals surface area contributed by atoms with Gasteiger partial charge in [0.15, 0.2) is 0 Å². The second-order valence-corrected chi connectivity index (χ2v) is 5.18. The summed E-state index contributed by atoms with van der Waals surface area (Å²) >= 11 is 0. The Bertz CT molecular complexity index is 457. The molecule has 0 aliphatic carbocycles. The second kappa shape index (κ2) is 9.13. The van der Waals surface area contributed by atoms with Crippen molar-refractivity contribution < 1.29 is 14.3 Å². The fourth-order valence-electron chi connectivity index (χ4n) is 1.88. The van der Waals surface area contributed by atoms with Crippen molar-refractivity contribution in [2.75, 3.05) is 27.2 Å². The summed E-state index contributed by atoms with van der Waals surface area (Å²) in [6, 6.07) is 8.08. The lowest BCUT2D eigenvalue weighted by atomic mass is 10.1. The Kier molecular flexibility index (Phi) is 7.46. The molecule has 0 spiro atoms. The van der Waals surface area contributed by atoms with E-state index < -0.39 is 0 Å². The molecule has 1 N–H and O–H groups in total. The molecule has 0 unspecified atom stereocenters. The number of nitrogens with zero attached hydrogens (tertiary/aromatic N) is 1. The SMILES string of the molecule is COC(=O)CCCN(C)CC(=O)NCc1ccc(C)cc1. The third-order valence-electron chi connectivity index (χ3n) is 3.17. The molecule has 0 heterocycles. The van der Waals surface area contributed by atoms with Gasteiger partial charge in [0.2, 0.25) is 5.91 Å². The van der Waals surface area contributed by atoms with Gasteiger partial charge >= 0.3 is 5.97 Å². The number of aryl methyl sites for hydroxylation is 1. The topological polar surface area (TPSA) is 58.6 Å². The van der Waals surface area contributed by atoms with E-state index in [1.807, 2.05) is 43.1 Å². The second-order valence-electron chi connectivity index (χ2n) is 5.18. The maximum Gasteiger partial charge on any atom is 0.305 e. The lowest BCUT2D eigenvalue weighted by Gasteiger charge is -2.15. The molecule has 1 rings (SSSR count). The largest absolute Gasteiger partial charge is 0.469 e. The first-order valence-electron chi connectivity index (χ1n) is 7.09. The minimum atomic E-state index is -0.216. The van der Waals surface area contributed by atoms with Gasteiger partial charge in [-0.1, -0.05) is 29.8 Å². The molecular weight excluding hydrogens is 268 g/mol. The predicted octanol–water partition coefficient (Wildman–Crippen LogP) is 1.50. The molecule has 5 heteroatoms. The molecule has 0 bridgehead atoms. The quantitative estimate of drug-likeness (QED) is 0.738. The number of amides is 1. The average molecular weight is 292 g/mol. The van der Waals surface area contributed by atoms with E-state index in [-0.39, 0.29) is 11.9 Å². The van der Waals surface area contributed by atoms with Gasteiger partial charge in [-0.15, -0.1) is 0 Å². The van der Waals surface area contributed by atoms with Crippen LogP contribution in [-0.4, -0.2) is 44.0 Å². The number of esters is 1. The maximum absolute atomic E-state index is 11.8. The number of hydrogen-bond acceptors (Lipinski definition) is 4. The van der Waals surface area contributed by atoms with Crippen LogP contribution < -0.4 is 5.32 Å². The third-order valence-corrected chi connectivity index (χ3v) is 3.17. The number of ether oxygens (including phenoxy) is 1. The fraction of sp³-hybridized carbons (Fsp3) is 0.500. The lowest BCUT2D eigenvalue weighted by molar-refractivity contribution is -0.140. The van der Waals surface area contributed by atoms with Gasteiger partial charge in [-0.05, 0) is 32.5 Å². The van der Waals surface area contributed by atoms with Crippen LogP contribution >= 0.6 is 0 Å². The van der Waals surface area contributed by atoms with Crippen LogP contribution in [0.5, 0.6) is 0 Å². The van der Waals surface area contributed by atoms with Gasteiger partial charge in [-0.3, -0.25) is 14.5 Å². The zero-order valence-electron chi connectivity index (χ0n) is 13.0. The molecule has 0 atom stereocenters. The van der Waals surface area contributed by atoms with E-state index in [1.165, 1.54) is 12.7 Å². The molecule has 0 aromatic heterocycles. The molecule has 0 fully saturated rings. The van der Waals surface area contributed by atoms with E-state index in [1.54, 1.807) is 0 Å². The minimum absolute atomic E-state index is 0.0175. The van der Waals surface area contributed by atoms with E-state index in [0.29, 0.717) is 32.5 Å². The Morgan fingerprint density at radius 1 is 1.24 bits per heavy atom. The molecular formula is C16H24N2O3. The van der Waals surface area contributed by atoms with Gasteiger partial charge in [-0.25, -0.2) is 0 Å². The van der Waals surface area contributed by atoms with Crippen LogP contribution in [0.3, 0.4) is 0 Å². The molecule has 116 valence electrons. The smallest absolute Gasteiger partial charge is 0.305 e. The van der Waals surface area contributed by atoms with Crippen LogP contribution in [-0.2, 0) is 20.9 Å². The van der Waals surface area contributed by atoms with Crippen molar-refractivity contribution in [2.24, 2.45) is 0 Å². The minimum Gasteiger partial charge on any atom is -0.469 e. The standard InChI is InChI=1S/C16H24N2O3/c1-13-6-8-14(9-7-13)11-17-15(19)12-18(2)10-4-5-16(20)21-3/h6-9H,4-5,10-12H2,1-3H3,(H,17,19). The van der Waals surface area contributed by atoms with Gasteiger partial charge in [0, 0.05) is 13.0 Å². The Balaban J connectivity index is 2.20. The van der Waals surface area contributed by atoms with Crippen molar-refractivity contribution in [3.05, 3.63) is 35.4 Å². The summed E-state index contributed by atoms with van der Waals surface area (Å²) in [6.45, 7) is 3.58. The molecule has 0 radical (unpaired) electrons. The lowest BCUT2D eigenvalue weighted by Crippen LogP contribution is -2.35. The van der Waals surface area contributed by atoms with E-state index in [0.717, 1.165) is 5.56 Å². The molecule has 21 heavy (non-hydrogen) atoms. The number of likely N-dealkylation sites (N-methyl/N-ethyl adjacent to an activating group) is 1. The van der Waals surface area contributed by atoms with Crippen LogP contribution in [0, 0.1) is 6.92 Å². The molecule has 1 aromatic carbocycles. The summed E-state index contributed by atoms with van der Waals surface area (Å²) in [4.78, 5) is 24.7. The summed E-state index contributed by atoms with van der Waals surface area (Å²) in [6.07, 6.45) is 1.07. The van der Waals surface area contributed by atoms with Crippen LogP contribution in [0.15, 0.2) is 24.3 Å². The van der Waals surface area contributed by atoms with Crippen LogP contribution in [0.25, 0.3) is 0 Å². The van der Waals surface area contributed by atoms with Crippen LogP contribution in [0.1, 0.15) is 24.0 Å². The molecule has 1 aromatic rings. The number of nitrogens with one attached hydrogen (secondary N) is 1. The Labute approximate surface area is 126 Å². The molecule has 5 nitrogen and oxygen atoms in total. The zero-order chi connectivity index (χ0) is 15.7. The highest BCUT2D eigenvalue weighted by Crippen LogP contribution is 2.02. The van der Waals surface area contributed by atoms with Crippen molar-refractivity contribution in [2.45, 2.75) is 26.3 Å². The van der Waals surface area contributed by atoms with E-state index in [4.69, 9.17) is 0 Å². The molecule has 0 aliphatic rings. The van der Waals surface area contributed by atoms with Crippen LogP contribution in [0.4, 0.5) is 0 Å². The van der Waals surface area contributed by atoms with Crippen molar-refractivity contribution in [3.63, 3.8) is 0 Å². The highest BCUT2D eigenvalue weighted by Gasteiger charge is 2.07. The first kappa shape index (κ1) is 17.2. The van der Waals surface area contributed by atoms with E-state index in [9.17, 15) is 9.59 Å². The number of methoxy groups -OCH3 is 1. The first-order chi connectivity index (χ1) is 10.0. The summed E-state index contributed by atoms with van der Waals surface area (Å²) < 4.78 is 4.57. The summed E-state index contributed by atoms with van der Waals surface area (Å²) in [5.41, 5.74) is 2.29. The highest BCUT2D eigenvalue weighted by molar-refractivity contribution is 5.78. The Hall–Kier alpha value is -1.88. The predicted molar refractivity (Wildman–Crippen MR) is 81.8 cm³/mol. The van der Waals surface area contributed by atoms with Crippen molar-refractivity contribution in [1.82, 2.24) is 10.2 Å². The number of hydrogen-bond donors (Lipinski definition) is 1. The van der Waals surface area contributed by atoms with E-state index in [2.05, 4.69) is 10.1 Å². The zero-order valence-corrected chi connectivity index (χ0v) is 13.0. The number of benzene rings is 1. The van der Waals surface area contributed by atoms with Crippen molar-refractivity contribution >= 4 is 11.9 Å². The summed E-state index contributed by atoms with van der Waals surface area (Å²) in [7, 11) is 3.24. The maximum atomic E-state index is 11.8. The fourth-order valence-corrected chi connectivity index (χ4v) is 1.88. The molecule has 0 aliphatic heterocycles. The number of rotatable bonds is 8. The Morgan fingerprint density at radius 2 is 1.90 bits per heavy atom. The van der Waals surface area contributed by atoms with Crippen LogP contribution in [0.2, 0.25) is 0 Å². The van der Waals surface area contributed by atoms with Gasteiger partial charge in [-0.2, -0.15) is 0 Å². The van der Waals surface area contributed by atoms with Gasteiger partial charge in [0.05, 0.1) is 13.7 Å². The monoisotopic (exact) mass is 292 g/mol. The van der Waals surface area contributed by atoms with Gasteiger partial charge in [0.25, 0.3) is 0 Å². The van der Waals surface area contributed by atoms with Gasteiger partial charge < -0.3 is 10.1 Å². The summed E-state index contributed by atoms with van der Waals surface area (Å²) in [5.74, 6) is -0.233. The van der Waals surface area contributed by atoms with Crippen molar-refractivity contribution in [1.29, 1.82) is 0 Å². The van der Waals surface area contributed by atoms with E-state index >= 15 is 0 Å².